The van der Waals surface area contributed by atoms with Crippen LogP contribution in [0.4, 0.5) is 0 Å². The number of aliphatic carboxylic acids is 1. The van der Waals surface area contributed by atoms with E-state index in [0.717, 1.165) is 15.8 Å². The third kappa shape index (κ3) is 5.38. The van der Waals surface area contributed by atoms with E-state index in [0.29, 0.717) is 5.56 Å². The lowest BCUT2D eigenvalue weighted by Crippen LogP contribution is -2.60. The minimum absolute atomic E-state index is 0. The summed E-state index contributed by atoms with van der Waals surface area (Å²) in [7, 11) is 0. The third-order valence-electron chi connectivity index (χ3n) is 5.17. The molecule has 0 aliphatic carbocycles. The fourth-order valence-electron chi connectivity index (χ4n) is 3.11. The second-order valence-corrected chi connectivity index (χ2v) is 8.00. The van der Waals surface area contributed by atoms with Crippen LogP contribution in [-0.2, 0) is 20.8 Å². The Balaban J connectivity index is 0.00000450. The first-order valence-corrected chi connectivity index (χ1v) is 9.72. The molecule has 3 atom stereocenters. The normalized spacial score (nSPS) is 14.3. The lowest BCUT2D eigenvalue weighted by atomic mass is 9.97. The molecule has 0 saturated carbocycles. The van der Waals surface area contributed by atoms with Gasteiger partial charge in [-0.2, -0.15) is 0 Å². The number of amides is 2. The molecule has 0 spiro atoms. The molecule has 2 aromatic rings. The van der Waals surface area contributed by atoms with Crippen molar-refractivity contribution in [3.63, 3.8) is 0 Å². The fourth-order valence-corrected chi connectivity index (χ4v) is 3.11. The van der Waals surface area contributed by atoms with E-state index in [1.807, 2.05) is 24.3 Å². The standard InChI is InChI=1S/C21H30N4O4.ClH/c1-11(2)17(22)19(26)25(20(27)18(23)12(3)4)16(21(28)29)9-13-10-24-15-8-6-5-7-14(13)15;/h5-8,10-12,16-18,24H,9,22-23H2,1-4H3,(H,28,29);1H. The Morgan fingerprint density at radius 3 is 1.97 bits per heavy atom. The van der Waals surface area contributed by atoms with Gasteiger partial charge in [0.15, 0.2) is 0 Å². The largest absolute Gasteiger partial charge is 0.480 e. The first-order chi connectivity index (χ1) is 13.6. The number of nitrogens with one attached hydrogen (secondary N) is 1. The predicted molar refractivity (Wildman–Crippen MR) is 118 cm³/mol. The summed E-state index contributed by atoms with van der Waals surface area (Å²) in [5.74, 6) is -3.28. The number of nitrogens with two attached hydrogens (primary N) is 2. The molecule has 0 radical (unpaired) electrons. The van der Waals surface area contributed by atoms with E-state index in [9.17, 15) is 19.5 Å². The van der Waals surface area contributed by atoms with Gasteiger partial charge in [0, 0.05) is 23.5 Å². The lowest BCUT2D eigenvalue weighted by Gasteiger charge is -2.33. The van der Waals surface area contributed by atoms with Crippen molar-refractivity contribution in [1.82, 2.24) is 9.88 Å². The maximum Gasteiger partial charge on any atom is 0.327 e. The highest BCUT2D eigenvalue weighted by Gasteiger charge is 2.40. The number of carbonyl (C=O) groups is 3. The van der Waals surface area contributed by atoms with Crippen molar-refractivity contribution in [1.29, 1.82) is 0 Å². The van der Waals surface area contributed by atoms with Crippen molar-refractivity contribution >= 4 is 41.1 Å². The molecule has 0 bridgehead atoms. The Kier molecular flexibility index (Phi) is 9.02. The number of halogens is 1. The number of imide groups is 1. The van der Waals surface area contributed by atoms with Crippen molar-refractivity contribution in [2.24, 2.45) is 23.3 Å². The second-order valence-electron chi connectivity index (χ2n) is 8.00. The first-order valence-electron chi connectivity index (χ1n) is 9.72. The van der Waals surface area contributed by atoms with Crippen molar-refractivity contribution in [3.05, 3.63) is 36.0 Å². The Morgan fingerprint density at radius 1 is 1.00 bits per heavy atom. The number of carboxylic acid groups (broad SMARTS) is 1. The van der Waals surface area contributed by atoms with Gasteiger partial charge in [-0.1, -0.05) is 45.9 Å². The minimum Gasteiger partial charge on any atom is -0.480 e. The highest BCUT2D eigenvalue weighted by Crippen LogP contribution is 2.22. The van der Waals surface area contributed by atoms with Crippen LogP contribution in [0, 0.1) is 11.8 Å². The summed E-state index contributed by atoms with van der Waals surface area (Å²) >= 11 is 0. The highest BCUT2D eigenvalue weighted by molar-refractivity contribution is 6.03. The number of aromatic nitrogens is 1. The molecule has 1 heterocycles. The molecule has 2 amide bonds. The molecule has 2 rings (SSSR count). The highest BCUT2D eigenvalue weighted by atomic mass is 35.5. The minimum atomic E-state index is -1.41. The second kappa shape index (κ2) is 10.6. The van der Waals surface area contributed by atoms with Gasteiger partial charge >= 0.3 is 5.97 Å². The Hall–Kier alpha value is -2.42. The number of benzene rings is 1. The van der Waals surface area contributed by atoms with E-state index < -0.39 is 35.9 Å². The number of fused-ring (bicyclic) bond motifs is 1. The molecule has 1 aromatic heterocycles. The predicted octanol–water partition coefficient (Wildman–Crippen LogP) is 1.91. The van der Waals surface area contributed by atoms with Gasteiger partial charge in [0.25, 0.3) is 0 Å². The van der Waals surface area contributed by atoms with Crippen molar-refractivity contribution in [3.8, 4) is 0 Å². The molecular weight excluding hydrogens is 408 g/mol. The molecule has 8 nitrogen and oxygen atoms in total. The molecule has 0 aliphatic rings. The molecule has 0 aliphatic heterocycles. The number of hydrogen-bond donors (Lipinski definition) is 4. The molecule has 0 fully saturated rings. The SMILES string of the molecule is CC(C)C(N)C(=O)N(C(=O)C(N)C(C)C)C(Cc1c[nH]c2ccccc12)C(=O)O.Cl. The van der Waals surface area contributed by atoms with E-state index >= 15 is 0 Å². The first kappa shape index (κ1) is 25.6. The molecule has 30 heavy (non-hydrogen) atoms. The summed E-state index contributed by atoms with van der Waals surface area (Å²) in [4.78, 5) is 42.1. The van der Waals surface area contributed by atoms with Crippen LogP contribution in [0.1, 0.15) is 33.3 Å². The third-order valence-corrected chi connectivity index (χ3v) is 5.17. The van der Waals surface area contributed by atoms with Gasteiger partial charge < -0.3 is 21.6 Å². The van der Waals surface area contributed by atoms with Crippen molar-refractivity contribution < 1.29 is 19.5 Å². The Morgan fingerprint density at radius 2 is 1.50 bits per heavy atom. The number of carbonyl (C=O) groups excluding carboxylic acids is 2. The summed E-state index contributed by atoms with van der Waals surface area (Å²) in [5, 5.41) is 10.7. The molecule has 0 saturated heterocycles. The number of hydrogen-bond acceptors (Lipinski definition) is 5. The number of rotatable bonds is 8. The van der Waals surface area contributed by atoms with Gasteiger partial charge in [-0.3, -0.25) is 14.5 Å². The van der Waals surface area contributed by atoms with Crippen molar-refractivity contribution in [2.45, 2.75) is 52.2 Å². The average Bonchev–Trinajstić information content (AvgIpc) is 3.08. The van der Waals surface area contributed by atoms with Crippen LogP contribution in [0.5, 0.6) is 0 Å². The molecule has 3 unspecified atom stereocenters. The summed E-state index contributed by atoms with van der Waals surface area (Å²) in [6.45, 7) is 6.96. The van der Waals surface area contributed by atoms with Crippen LogP contribution >= 0.6 is 12.4 Å². The van der Waals surface area contributed by atoms with Gasteiger partial charge in [0.1, 0.15) is 6.04 Å². The van der Waals surface area contributed by atoms with Crippen molar-refractivity contribution in [2.75, 3.05) is 0 Å². The molecule has 166 valence electrons. The molecule has 6 N–H and O–H groups in total. The van der Waals surface area contributed by atoms with E-state index in [4.69, 9.17) is 11.5 Å². The maximum atomic E-state index is 13.0. The van der Waals surface area contributed by atoms with Gasteiger partial charge in [-0.15, -0.1) is 12.4 Å². The smallest absolute Gasteiger partial charge is 0.327 e. The zero-order valence-corrected chi connectivity index (χ0v) is 18.5. The van der Waals surface area contributed by atoms with Crippen LogP contribution in [0.2, 0.25) is 0 Å². The number of para-hydroxylation sites is 1. The van der Waals surface area contributed by atoms with E-state index in [-0.39, 0.29) is 30.7 Å². The van der Waals surface area contributed by atoms with E-state index in [2.05, 4.69) is 4.98 Å². The zero-order chi connectivity index (χ0) is 21.9. The summed E-state index contributed by atoms with van der Waals surface area (Å²) in [5.41, 5.74) is 13.5. The number of aromatic amines is 1. The molecular formula is C21H31ClN4O4. The van der Waals surface area contributed by atoms with Crippen LogP contribution < -0.4 is 11.5 Å². The quantitative estimate of drug-likeness (QED) is 0.495. The maximum absolute atomic E-state index is 13.0. The number of carboxylic acids is 1. The van der Waals surface area contributed by atoms with Crippen LogP contribution in [-0.4, -0.2) is 50.9 Å². The van der Waals surface area contributed by atoms with Crippen LogP contribution in [0.15, 0.2) is 30.5 Å². The molecule has 9 heteroatoms. The summed E-state index contributed by atoms with van der Waals surface area (Å²) in [6.07, 6.45) is 1.64. The zero-order valence-electron chi connectivity index (χ0n) is 17.7. The molecule has 1 aromatic carbocycles. The summed E-state index contributed by atoms with van der Waals surface area (Å²) < 4.78 is 0. The number of H-pyrrole nitrogens is 1. The fraction of sp³-hybridized carbons (Fsp3) is 0.476. The topological polar surface area (TPSA) is 143 Å². The average molecular weight is 439 g/mol. The van der Waals surface area contributed by atoms with E-state index in [1.165, 1.54) is 0 Å². The van der Waals surface area contributed by atoms with Gasteiger partial charge in [0.2, 0.25) is 11.8 Å². The monoisotopic (exact) mass is 438 g/mol. The van der Waals surface area contributed by atoms with Crippen LogP contribution in [0.25, 0.3) is 10.9 Å². The van der Waals surface area contributed by atoms with E-state index in [1.54, 1.807) is 33.9 Å². The van der Waals surface area contributed by atoms with Gasteiger partial charge in [-0.05, 0) is 23.5 Å². The Labute approximate surface area is 182 Å². The van der Waals surface area contributed by atoms with Gasteiger partial charge in [-0.25, -0.2) is 4.79 Å². The summed E-state index contributed by atoms with van der Waals surface area (Å²) in [6, 6.07) is 3.99. The van der Waals surface area contributed by atoms with Crippen LogP contribution in [0.3, 0.4) is 0 Å². The lowest BCUT2D eigenvalue weighted by molar-refractivity contribution is -0.160. The van der Waals surface area contributed by atoms with Gasteiger partial charge in [0.05, 0.1) is 12.1 Å². The Bertz CT molecular complexity index is 870. The number of nitrogens with zero attached hydrogens (tertiary/aromatic N) is 1.